The molecule has 0 radical (unpaired) electrons. The molecule has 1 aromatic heterocycles. The lowest BCUT2D eigenvalue weighted by Crippen LogP contribution is -2.54. The maximum Gasteiger partial charge on any atom is 0.249 e. The van der Waals surface area contributed by atoms with Gasteiger partial charge in [0.15, 0.2) is 5.82 Å². The van der Waals surface area contributed by atoms with Crippen molar-refractivity contribution in [1.82, 2.24) is 9.97 Å². The molecule has 2 N–H and O–H groups in total. The highest BCUT2D eigenvalue weighted by molar-refractivity contribution is 6.04. The van der Waals surface area contributed by atoms with Gasteiger partial charge in [-0.2, -0.15) is 4.98 Å². The molecule has 1 aliphatic heterocycles. The number of carbonyl (C=O) groups is 1. The molecular weight excluding hydrogens is 380 g/mol. The summed E-state index contributed by atoms with van der Waals surface area (Å²) >= 11 is 0. The van der Waals surface area contributed by atoms with Gasteiger partial charge in [-0.25, -0.2) is 4.98 Å². The van der Waals surface area contributed by atoms with Crippen LogP contribution in [0.1, 0.15) is 41.0 Å². The second kappa shape index (κ2) is 8.77. The fourth-order valence-corrected chi connectivity index (χ4v) is 3.78. The molecule has 1 amide bonds. The van der Waals surface area contributed by atoms with E-state index in [9.17, 15) is 4.79 Å². The topological polar surface area (TPSA) is 82.6 Å². The highest BCUT2D eigenvalue weighted by Gasteiger charge is 2.38. The van der Waals surface area contributed by atoms with E-state index in [4.69, 9.17) is 9.72 Å². The Kier molecular flexibility index (Phi) is 6.34. The van der Waals surface area contributed by atoms with Crippen molar-refractivity contribution < 1.29 is 9.53 Å². The van der Waals surface area contributed by atoms with Gasteiger partial charge in [-0.3, -0.25) is 4.79 Å². The van der Waals surface area contributed by atoms with Gasteiger partial charge in [0.2, 0.25) is 11.9 Å². The summed E-state index contributed by atoms with van der Waals surface area (Å²) in [5.74, 6) is 1.98. The standard InChI is InChI=1S/C22H32N6O2/c1-8-17-21(29)27(6)18-12-23-22(26-20(18)28(17)14(4)5)25-16-10-9-15(24-13(2)3)11-19(16)30-7/h9-14,17,24H,8H2,1-7H3,(H,23,25,26)/t17-/m1/s1. The number of nitrogens with zero attached hydrogens (tertiary/aromatic N) is 4. The van der Waals surface area contributed by atoms with Crippen molar-refractivity contribution in [1.29, 1.82) is 0 Å². The molecule has 8 heteroatoms. The van der Waals surface area contributed by atoms with Crippen LogP contribution in [0, 0.1) is 0 Å². The normalized spacial score (nSPS) is 16.2. The molecule has 0 fully saturated rings. The van der Waals surface area contributed by atoms with Crippen LogP contribution in [0.3, 0.4) is 0 Å². The third-order valence-corrected chi connectivity index (χ3v) is 5.15. The number of fused-ring (bicyclic) bond motifs is 1. The van der Waals surface area contributed by atoms with Crippen molar-refractivity contribution in [3.63, 3.8) is 0 Å². The molecule has 0 spiro atoms. The van der Waals surface area contributed by atoms with Crippen LogP contribution in [0.15, 0.2) is 24.4 Å². The lowest BCUT2D eigenvalue weighted by Gasteiger charge is -2.42. The number of anilines is 5. The number of aromatic nitrogens is 2. The number of carbonyl (C=O) groups excluding carboxylic acids is 1. The first-order valence-corrected chi connectivity index (χ1v) is 10.4. The van der Waals surface area contributed by atoms with E-state index in [1.807, 2.05) is 25.1 Å². The summed E-state index contributed by atoms with van der Waals surface area (Å²) in [6, 6.07) is 6.10. The number of hydrogen-bond donors (Lipinski definition) is 2. The predicted molar refractivity (Wildman–Crippen MR) is 122 cm³/mol. The first kappa shape index (κ1) is 21.7. The van der Waals surface area contributed by atoms with Crippen molar-refractivity contribution in [2.24, 2.45) is 0 Å². The van der Waals surface area contributed by atoms with Crippen LogP contribution in [-0.2, 0) is 4.79 Å². The third-order valence-electron chi connectivity index (χ3n) is 5.15. The summed E-state index contributed by atoms with van der Waals surface area (Å²) in [5.41, 5.74) is 2.47. The van der Waals surface area contributed by atoms with Crippen LogP contribution in [0.5, 0.6) is 5.75 Å². The minimum absolute atomic E-state index is 0.0675. The molecule has 1 aliphatic rings. The first-order chi connectivity index (χ1) is 14.3. The number of ether oxygens (including phenoxy) is 1. The molecule has 1 aromatic carbocycles. The van der Waals surface area contributed by atoms with Gasteiger partial charge in [0.1, 0.15) is 17.5 Å². The molecule has 162 valence electrons. The summed E-state index contributed by atoms with van der Waals surface area (Å²) in [4.78, 5) is 25.8. The monoisotopic (exact) mass is 412 g/mol. The van der Waals surface area contributed by atoms with E-state index in [-0.39, 0.29) is 18.0 Å². The SMILES string of the molecule is CC[C@@H]1C(=O)N(C)c2cnc(Nc3ccc(NC(C)C)cc3OC)nc2N1C(C)C. The van der Waals surface area contributed by atoms with Crippen molar-refractivity contribution >= 4 is 34.7 Å². The summed E-state index contributed by atoms with van der Waals surface area (Å²) < 4.78 is 5.56. The van der Waals surface area contributed by atoms with Gasteiger partial charge in [-0.15, -0.1) is 0 Å². The Morgan fingerprint density at radius 1 is 1.23 bits per heavy atom. The van der Waals surface area contributed by atoms with Crippen LogP contribution < -0.4 is 25.2 Å². The largest absolute Gasteiger partial charge is 0.494 e. The minimum atomic E-state index is -0.235. The molecule has 0 saturated heterocycles. The highest BCUT2D eigenvalue weighted by atomic mass is 16.5. The molecule has 2 heterocycles. The average molecular weight is 413 g/mol. The smallest absolute Gasteiger partial charge is 0.249 e. The van der Waals surface area contributed by atoms with Crippen molar-refractivity contribution in [3.05, 3.63) is 24.4 Å². The van der Waals surface area contributed by atoms with Crippen LogP contribution in [0.4, 0.5) is 28.8 Å². The van der Waals surface area contributed by atoms with Crippen LogP contribution in [-0.4, -0.2) is 48.2 Å². The quantitative estimate of drug-likeness (QED) is 0.711. The molecule has 1 atom stereocenters. The molecule has 0 bridgehead atoms. The summed E-state index contributed by atoms with van der Waals surface area (Å²) in [7, 11) is 3.42. The van der Waals surface area contributed by atoms with E-state index < -0.39 is 0 Å². The fourth-order valence-electron chi connectivity index (χ4n) is 3.78. The number of nitrogens with one attached hydrogen (secondary N) is 2. The Hall–Kier alpha value is -3.03. The Balaban J connectivity index is 1.96. The zero-order valence-electron chi connectivity index (χ0n) is 18.9. The van der Waals surface area contributed by atoms with E-state index in [0.717, 1.165) is 17.2 Å². The van der Waals surface area contributed by atoms with Crippen molar-refractivity contribution in [3.8, 4) is 5.75 Å². The van der Waals surface area contributed by atoms with Crippen molar-refractivity contribution in [2.75, 3.05) is 34.6 Å². The van der Waals surface area contributed by atoms with Crippen molar-refractivity contribution in [2.45, 2.75) is 59.2 Å². The molecule has 8 nitrogen and oxygen atoms in total. The molecular formula is C22H32N6O2. The summed E-state index contributed by atoms with van der Waals surface area (Å²) in [6.45, 7) is 10.3. The Morgan fingerprint density at radius 2 is 1.97 bits per heavy atom. The van der Waals surface area contributed by atoms with E-state index in [0.29, 0.717) is 29.8 Å². The van der Waals surface area contributed by atoms with Gasteiger partial charge in [-0.1, -0.05) is 6.92 Å². The molecule has 0 unspecified atom stereocenters. The van der Waals surface area contributed by atoms with E-state index in [2.05, 4.69) is 48.2 Å². The Morgan fingerprint density at radius 3 is 2.57 bits per heavy atom. The second-order valence-corrected chi connectivity index (χ2v) is 8.06. The number of methoxy groups -OCH3 is 1. The van der Waals surface area contributed by atoms with Gasteiger partial charge in [0, 0.05) is 30.9 Å². The van der Waals surface area contributed by atoms with Crippen LogP contribution >= 0.6 is 0 Å². The number of benzene rings is 1. The second-order valence-electron chi connectivity index (χ2n) is 8.06. The third kappa shape index (κ3) is 4.13. The average Bonchev–Trinajstić information content (AvgIpc) is 2.70. The van der Waals surface area contributed by atoms with Gasteiger partial charge < -0.3 is 25.2 Å². The lowest BCUT2D eigenvalue weighted by atomic mass is 10.1. The van der Waals surface area contributed by atoms with Gasteiger partial charge in [0.05, 0.1) is 19.0 Å². The van der Waals surface area contributed by atoms with E-state index >= 15 is 0 Å². The number of rotatable bonds is 7. The van der Waals surface area contributed by atoms with Gasteiger partial charge in [-0.05, 0) is 46.2 Å². The molecule has 2 aromatic rings. The Labute approximate surface area is 178 Å². The maximum absolute atomic E-state index is 12.8. The molecule has 0 aliphatic carbocycles. The summed E-state index contributed by atoms with van der Waals surface area (Å²) in [5, 5.41) is 6.63. The number of likely N-dealkylation sites (N-methyl/N-ethyl adjacent to an activating group) is 1. The zero-order chi connectivity index (χ0) is 22.0. The number of hydrogen-bond acceptors (Lipinski definition) is 7. The predicted octanol–water partition coefficient (Wildman–Crippen LogP) is 4.02. The van der Waals surface area contributed by atoms with Crippen LogP contribution in [0.2, 0.25) is 0 Å². The zero-order valence-corrected chi connectivity index (χ0v) is 18.9. The Bertz CT molecular complexity index is 914. The van der Waals surface area contributed by atoms with E-state index in [1.54, 1.807) is 25.3 Å². The van der Waals surface area contributed by atoms with Gasteiger partial charge >= 0.3 is 0 Å². The first-order valence-electron chi connectivity index (χ1n) is 10.4. The molecule has 3 rings (SSSR count). The van der Waals surface area contributed by atoms with E-state index in [1.165, 1.54) is 0 Å². The summed E-state index contributed by atoms with van der Waals surface area (Å²) in [6.07, 6.45) is 2.41. The molecule has 0 saturated carbocycles. The number of amides is 1. The maximum atomic E-state index is 12.8. The minimum Gasteiger partial charge on any atom is -0.494 e. The van der Waals surface area contributed by atoms with Crippen LogP contribution in [0.25, 0.3) is 0 Å². The fraction of sp³-hybridized carbons (Fsp3) is 0.500. The van der Waals surface area contributed by atoms with Gasteiger partial charge in [0.25, 0.3) is 0 Å². The highest BCUT2D eigenvalue weighted by Crippen LogP contribution is 2.37. The lowest BCUT2D eigenvalue weighted by molar-refractivity contribution is -0.120. The molecule has 30 heavy (non-hydrogen) atoms.